The van der Waals surface area contributed by atoms with E-state index in [9.17, 15) is 14.4 Å². The molecule has 0 aliphatic rings. The van der Waals surface area contributed by atoms with Gasteiger partial charge in [-0.05, 0) is 36.8 Å². The summed E-state index contributed by atoms with van der Waals surface area (Å²) in [6.45, 7) is 2.52. The number of benzene rings is 2. The van der Waals surface area contributed by atoms with Crippen molar-refractivity contribution < 1.29 is 9.59 Å². The summed E-state index contributed by atoms with van der Waals surface area (Å²) < 4.78 is 1.62. The number of nitrogens with zero attached hydrogens (tertiary/aromatic N) is 2. The van der Waals surface area contributed by atoms with Crippen molar-refractivity contribution in [2.24, 2.45) is 0 Å². The molecule has 7 nitrogen and oxygen atoms in total. The average Bonchev–Trinajstić information content (AvgIpc) is 2.74. The standard InChI is InChI=1S/C21H22N4O3S/c1-3-11-25-20(28)16-9-4-5-10-17(16)24-21(25)29-13-18(26)23-15-8-6-7-14(12-15)19(27)22-2/h4-10,12H,3,11,13H2,1-2H3,(H,22,27)(H,23,26). The lowest BCUT2D eigenvalue weighted by molar-refractivity contribution is -0.113. The molecule has 2 N–H and O–H groups in total. The minimum atomic E-state index is -0.241. The van der Waals surface area contributed by atoms with E-state index in [0.29, 0.717) is 33.9 Å². The maximum absolute atomic E-state index is 12.8. The number of thioether (sulfide) groups is 1. The van der Waals surface area contributed by atoms with Gasteiger partial charge >= 0.3 is 0 Å². The Morgan fingerprint density at radius 3 is 2.69 bits per heavy atom. The van der Waals surface area contributed by atoms with Crippen LogP contribution in [0, 0.1) is 0 Å². The first-order chi connectivity index (χ1) is 14.0. The summed E-state index contributed by atoms with van der Waals surface area (Å²) in [5, 5.41) is 6.42. The van der Waals surface area contributed by atoms with E-state index in [2.05, 4.69) is 15.6 Å². The van der Waals surface area contributed by atoms with E-state index >= 15 is 0 Å². The second-order valence-electron chi connectivity index (χ2n) is 6.37. The molecule has 3 rings (SSSR count). The molecule has 0 aliphatic carbocycles. The number of nitrogens with one attached hydrogen (secondary N) is 2. The molecule has 0 atom stereocenters. The second kappa shape index (κ2) is 9.38. The topological polar surface area (TPSA) is 93.1 Å². The van der Waals surface area contributed by atoms with Crippen LogP contribution in [0.4, 0.5) is 5.69 Å². The predicted octanol–water partition coefficient (Wildman–Crippen LogP) is 2.90. The lowest BCUT2D eigenvalue weighted by Crippen LogP contribution is -2.24. The molecule has 0 radical (unpaired) electrons. The third-order valence-corrected chi connectivity index (χ3v) is 5.22. The van der Waals surface area contributed by atoms with E-state index in [1.165, 1.54) is 11.8 Å². The lowest BCUT2D eigenvalue weighted by Gasteiger charge is -2.12. The normalized spacial score (nSPS) is 10.7. The van der Waals surface area contributed by atoms with E-state index in [4.69, 9.17) is 0 Å². The van der Waals surface area contributed by atoms with Crippen molar-refractivity contribution in [3.63, 3.8) is 0 Å². The van der Waals surface area contributed by atoms with Crippen LogP contribution in [0.2, 0.25) is 0 Å². The number of amides is 2. The van der Waals surface area contributed by atoms with Crippen LogP contribution in [0.5, 0.6) is 0 Å². The summed E-state index contributed by atoms with van der Waals surface area (Å²) in [6.07, 6.45) is 0.784. The quantitative estimate of drug-likeness (QED) is 0.461. The summed E-state index contributed by atoms with van der Waals surface area (Å²) in [6, 6.07) is 13.9. The highest BCUT2D eigenvalue weighted by Gasteiger charge is 2.13. The summed E-state index contributed by atoms with van der Waals surface area (Å²) in [7, 11) is 1.55. The molecule has 1 heterocycles. The van der Waals surface area contributed by atoms with Crippen LogP contribution in [-0.4, -0.2) is 34.2 Å². The first-order valence-corrected chi connectivity index (χ1v) is 10.3. The average molecular weight is 410 g/mol. The highest BCUT2D eigenvalue weighted by Crippen LogP contribution is 2.19. The molecule has 8 heteroatoms. The summed E-state index contributed by atoms with van der Waals surface area (Å²) in [5.74, 6) is -0.368. The summed E-state index contributed by atoms with van der Waals surface area (Å²) in [5.41, 5.74) is 1.52. The third-order valence-electron chi connectivity index (χ3n) is 4.24. The molecule has 0 saturated carbocycles. The molecule has 2 aromatic carbocycles. The predicted molar refractivity (Wildman–Crippen MR) is 115 cm³/mol. The molecule has 0 saturated heterocycles. The SMILES string of the molecule is CCCn1c(SCC(=O)Nc2cccc(C(=O)NC)c2)nc2ccccc2c1=O. The van der Waals surface area contributed by atoms with Crippen molar-refractivity contribution in [2.45, 2.75) is 25.0 Å². The van der Waals surface area contributed by atoms with E-state index in [1.807, 2.05) is 19.1 Å². The highest BCUT2D eigenvalue weighted by atomic mass is 32.2. The van der Waals surface area contributed by atoms with Crippen molar-refractivity contribution in [3.8, 4) is 0 Å². The Hall–Kier alpha value is -3.13. The molecule has 150 valence electrons. The third kappa shape index (κ3) is 4.83. The fourth-order valence-corrected chi connectivity index (χ4v) is 3.71. The smallest absolute Gasteiger partial charge is 0.262 e. The Morgan fingerprint density at radius 1 is 1.14 bits per heavy atom. The van der Waals surface area contributed by atoms with Gasteiger partial charge in [-0.25, -0.2) is 4.98 Å². The fourth-order valence-electron chi connectivity index (χ4n) is 2.89. The molecule has 0 spiro atoms. The molecule has 0 aliphatic heterocycles. The van der Waals surface area contributed by atoms with Gasteiger partial charge in [0.2, 0.25) is 5.91 Å². The maximum Gasteiger partial charge on any atom is 0.262 e. The Labute approximate surface area is 172 Å². The number of para-hydroxylation sites is 1. The fraction of sp³-hybridized carbons (Fsp3) is 0.238. The first kappa shape index (κ1) is 20.6. The van der Waals surface area contributed by atoms with Crippen LogP contribution >= 0.6 is 11.8 Å². The van der Waals surface area contributed by atoms with Crippen LogP contribution < -0.4 is 16.2 Å². The molecule has 1 aromatic heterocycles. The number of aromatic nitrogens is 2. The minimum absolute atomic E-state index is 0.0959. The van der Waals surface area contributed by atoms with Crippen molar-refractivity contribution >= 4 is 40.2 Å². The zero-order chi connectivity index (χ0) is 20.8. The zero-order valence-corrected chi connectivity index (χ0v) is 17.1. The number of fused-ring (bicyclic) bond motifs is 1. The van der Waals surface area contributed by atoms with Crippen molar-refractivity contribution in [2.75, 3.05) is 18.1 Å². The van der Waals surface area contributed by atoms with Crippen molar-refractivity contribution in [1.29, 1.82) is 0 Å². The molecule has 0 bridgehead atoms. The largest absolute Gasteiger partial charge is 0.355 e. The number of carbonyl (C=O) groups is 2. The van der Waals surface area contributed by atoms with E-state index < -0.39 is 0 Å². The van der Waals surface area contributed by atoms with Gasteiger partial charge < -0.3 is 10.6 Å². The summed E-state index contributed by atoms with van der Waals surface area (Å²) in [4.78, 5) is 41.5. The Morgan fingerprint density at radius 2 is 1.93 bits per heavy atom. The number of rotatable bonds is 7. The van der Waals surface area contributed by atoms with Crippen LogP contribution in [0.1, 0.15) is 23.7 Å². The van der Waals surface area contributed by atoms with Gasteiger partial charge in [-0.3, -0.25) is 19.0 Å². The molecule has 2 amide bonds. The highest BCUT2D eigenvalue weighted by molar-refractivity contribution is 7.99. The maximum atomic E-state index is 12.8. The van der Waals surface area contributed by atoms with E-state index in [0.717, 1.165) is 6.42 Å². The monoisotopic (exact) mass is 410 g/mol. The van der Waals surface area contributed by atoms with E-state index in [-0.39, 0.29) is 23.1 Å². The second-order valence-corrected chi connectivity index (χ2v) is 7.31. The van der Waals surface area contributed by atoms with Gasteiger partial charge in [-0.1, -0.05) is 36.9 Å². The van der Waals surface area contributed by atoms with Crippen molar-refractivity contribution in [1.82, 2.24) is 14.9 Å². The van der Waals surface area contributed by atoms with Gasteiger partial charge in [0.15, 0.2) is 5.16 Å². The zero-order valence-electron chi connectivity index (χ0n) is 16.3. The van der Waals surface area contributed by atoms with Crippen LogP contribution in [0.3, 0.4) is 0 Å². The van der Waals surface area contributed by atoms with Crippen LogP contribution in [0.25, 0.3) is 10.9 Å². The number of anilines is 1. The van der Waals surface area contributed by atoms with Gasteiger partial charge in [0.1, 0.15) is 0 Å². The molecule has 29 heavy (non-hydrogen) atoms. The van der Waals surface area contributed by atoms with Gasteiger partial charge in [-0.2, -0.15) is 0 Å². The molecule has 0 unspecified atom stereocenters. The molecule has 3 aromatic rings. The van der Waals surface area contributed by atoms with Gasteiger partial charge in [-0.15, -0.1) is 0 Å². The Bertz CT molecular complexity index is 1110. The number of hydrogen-bond donors (Lipinski definition) is 2. The lowest BCUT2D eigenvalue weighted by atomic mass is 10.2. The number of hydrogen-bond acceptors (Lipinski definition) is 5. The van der Waals surface area contributed by atoms with Gasteiger partial charge in [0.05, 0.1) is 16.7 Å². The number of carbonyl (C=O) groups excluding carboxylic acids is 2. The van der Waals surface area contributed by atoms with Gasteiger partial charge in [0.25, 0.3) is 11.5 Å². The first-order valence-electron chi connectivity index (χ1n) is 9.28. The van der Waals surface area contributed by atoms with Crippen LogP contribution in [-0.2, 0) is 11.3 Å². The Balaban J connectivity index is 1.76. The molecular weight excluding hydrogens is 388 g/mol. The van der Waals surface area contributed by atoms with Crippen molar-refractivity contribution in [3.05, 3.63) is 64.4 Å². The van der Waals surface area contributed by atoms with Gasteiger partial charge in [0, 0.05) is 24.8 Å². The molecule has 0 fully saturated rings. The Kier molecular flexibility index (Phi) is 6.66. The van der Waals surface area contributed by atoms with Crippen LogP contribution in [0.15, 0.2) is 58.5 Å². The minimum Gasteiger partial charge on any atom is -0.355 e. The summed E-state index contributed by atoms with van der Waals surface area (Å²) >= 11 is 1.22. The van der Waals surface area contributed by atoms with E-state index in [1.54, 1.807) is 48.0 Å². The molecular formula is C21H22N4O3S.